The fourth-order valence-corrected chi connectivity index (χ4v) is 0.856. The number of nitrogens with zero attached hydrogens (tertiary/aromatic N) is 4. The zero-order valence-electron chi connectivity index (χ0n) is 8.35. The van der Waals surface area contributed by atoms with Crippen LogP contribution in [0.2, 0.25) is 0 Å². The molecule has 0 radical (unpaired) electrons. The Morgan fingerprint density at radius 3 is 2.54 bits per heavy atom. The second kappa shape index (κ2) is 3.55. The number of aromatic nitrogens is 3. The van der Waals surface area contributed by atoms with Gasteiger partial charge in [-0.15, -0.1) is 5.10 Å². The van der Waals surface area contributed by atoms with Crippen molar-refractivity contribution in [3.63, 3.8) is 0 Å². The Kier molecular flexibility index (Phi) is 2.65. The van der Waals surface area contributed by atoms with Gasteiger partial charge in [-0.3, -0.25) is 4.79 Å². The van der Waals surface area contributed by atoms with E-state index in [2.05, 4.69) is 10.3 Å². The van der Waals surface area contributed by atoms with Gasteiger partial charge in [-0.05, 0) is 13.8 Å². The average molecular weight is 182 g/mol. The summed E-state index contributed by atoms with van der Waals surface area (Å²) in [5.41, 5.74) is 0.388. The molecule has 1 rings (SSSR count). The van der Waals surface area contributed by atoms with Crippen molar-refractivity contribution in [3.8, 4) is 0 Å². The molecule has 0 bridgehead atoms. The van der Waals surface area contributed by atoms with Crippen molar-refractivity contribution in [2.75, 3.05) is 14.1 Å². The highest BCUT2D eigenvalue weighted by molar-refractivity contribution is 5.91. The minimum Gasteiger partial charge on any atom is -0.343 e. The van der Waals surface area contributed by atoms with Crippen LogP contribution in [0.4, 0.5) is 0 Å². The SMILES string of the molecule is CC(C)n1cc(C(=O)N(C)C)nn1. The zero-order chi connectivity index (χ0) is 10.0. The number of amides is 1. The molecule has 0 atom stereocenters. The standard InChI is InChI=1S/C8H14N4O/c1-6(2)12-5-7(9-10-12)8(13)11(3)4/h5-6H,1-4H3. The summed E-state index contributed by atoms with van der Waals surface area (Å²) in [6, 6.07) is 0.233. The van der Waals surface area contributed by atoms with Gasteiger partial charge in [-0.2, -0.15) is 0 Å². The Labute approximate surface area is 77.3 Å². The molecule has 0 spiro atoms. The van der Waals surface area contributed by atoms with Gasteiger partial charge in [0.1, 0.15) is 0 Å². The molecule has 0 aromatic carbocycles. The van der Waals surface area contributed by atoms with E-state index in [1.54, 1.807) is 25.0 Å². The molecule has 0 aliphatic carbocycles. The second-order valence-corrected chi connectivity index (χ2v) is 3.38. The summed E-state index contributed by atoms with van der Waals surface area (Å²) in [6.07, 6.45) is 1.66. The van der Waals surface area contributed by atoms with Crippen LogP contribution >= 0.6 is 0 Å². The molecule has 0 fully saturated rings. The van der Waals surface area contributed by atoms with Gasteiger partial charge in [0.05, 0.1) is 6.20 Å². The second-order valence-electron chi connectivity index (χ2n) is 3.38. The molecule has 1 amide bonds. The lowest BCUT2D eigenvalue weighted by Gasteiger charge is -2.06. The predicted molar refractivity (Wildman–Crippen MR) is 48.4 cm³/mol. The molecule has 5 heteroatoms. The molecule has 0 N–H and O–H groups in total. The lowest BCUT2D eigenvalue weighted by Crippen LogP contribution is -2.22. The molecule has 5 nitrogen and oxygen atoms in total. The van der Waals surface area contributed by atoms with Crippen LogP contribution in [0.5, 0.6) is 0 Å². The molecule has 72 valence electrons. The van der Waals surface area contributed by atoms with E-state index in [4.69, 9.17) is 0 Å². The molecule has 0 unspecified atom stereocenters. The highest BCUT2D eigenvalue weighted by Crippen LogP contribution is 2.03. The minimum absolute atomic E-state index is 0.119. The topological polar surface area (TPSA) is 51.0 Å². The van der Waals surface area contributed by atoms with Gasteiger partial charge in [0.15, 0.2) is 5.69 Å². The normalized spacial score (nSPS) is 10.5. The quantitative estimate of drug-likeness (QED) is 0.671. The maximum Gasteiger partial charge on any atom is 0.275 e. The highest BCUT2D eigenvalue weighted by atomic mass is 16.2. The van der Waals surface area contributed by atoms with Crippen molar-refractivity contribution < 1.29 is 4.79 Å². The first-order chi connectivity index (χ1) is 6.02. The van der Waals surface area contributed by atoms with E-state index in [-0.39, 0.29) is 11.9 Å². The summed E-state index contributed by atoms with van der Waals surface area (Å²) < 4.78 is 1.66. The zero-order valence-corrected chi connectivity index (χ0v) is 8.35. The Morgan fingerprint density at radius 1 is 1.54 bits per heavy atom. The van der Waals surface area contributed by atoms with Crippen molar-refractivity contribution >= 4 is 5.91 Å². The Morgan fingerprint density at radius 2 is 2.15 bits per heavy atom. The maximum absolute atomic E-state index is 11.4. The molecular formula is C8H14N4O. The summed E-state index contributed by atoms with van der Waals surface area (Å²) >= 11 is 0. The third-order valence-corrected chi connectivity index (χ3v) is 1.66. The van der Waals surface area contributed by atoms with Crippen LogP contribution in [0, 0.1) is 0 Å². The molecule has 13 heavy (non-hydrogen) atoms. The molecule has 1 aromatic rings. The van der Waals surface area contributed by atoms with Crippen LogP contribution in [0.3, 0.4) is 0 Å². The van der Waals surface area contributed by atoms with E-state index in [1.807, 2.05) is 13.8 Å². The summed E-state index contributed by atoms with van der Waals surface area (Å²) in [6.45, 7) is 3.97. The molecule has 1 aromatic heterocycles. The van der Waals surface area contributed by atoms with E-state index in [1.165, 1.54) is 4.90 Å². The van der Waals surface area contributed by atoms with Crippen molar-refractivity contribution in [1.82, 2.24) is 19.9 Å². The summed E-state index contributed by atoms with van der Waals surface area (Å²) in [4.78, 5) is 12.9. The first-order valence-corrected chi connectivity index (χ1v) is 4.16. The van der Waals surface area contributed by atoms with Crippen molar-refractivity contribution in [1.29, 1.82) is 0 Å². The number of hydrogen-bond donors (Lipinski definition) is 0. The largest absolute Gasteiger partial charge is 0.343 e. The Hall–Kier alpha value is -1.39. The average Bonchev–Trinajstić information content (AvgIpc) is 2.50. The van der Waals surface area contributed by atoms with Gasteiger partial charge in [0, 0.05) is 20.1 Å². The molecule has 0 saturated carbocycles. The smallest absolute Gasteiger partial charge is 0.275 e. The predicted octanol–water partition coefficient (Wildman–Crippen LogP) is 0.561. The third-order valence-electron chi connectivity index (χ3n) is 1.66. The van der Waals surface area contributed by atoms with E-state index >= 15 is 0 Å². The highest BCUT2D eigenvalue weighted by Gasteiger charge is 2.12. The van der Waals surface area contributed by atoms with Crippen LogP contribution < -0.4 is 0 Å². The molecule has 0 aliphatic heterocycles. The molecule has 0 aliphatic rings. The van der Waals surface area contributed by atoms with Crippen LogP contribution in [0.15, 0.2) is 6.20 Å². The summed E-state index contributed by atoms with van der Waals surface area (Å²) in [5, 5.41) is 7.62. The van der Waals surface area contributed by atoms with Crippen LogP contribution in [-0.2, 0) is 0 Å². The number of carbonyl (C=O) groups excluding carboxylic acids is 1. The van der Waals surface area contributed by atoms with Crippen molar-refractivity contribution in [3.05, 3.63) is 11.9 Å². The summed E-state index contributed by atoms with van der Waals surface area (Å²) in [7, 11) is 3.38. The number of hydrogen-bond acceptors (Lipinski definition) is 3. The Balaban J connectivity index is 2.86. The first kappa shape index (κ1) is 9.70. The van der Waals surface area contributed by atoms with E-state index < -0.39 is 0 Å². The van der Waals surface area contributed by atoms with Crippen LogP contribution in [0.25, 0.3) is 0 Å². The van der Waals surface area contributed by atoms with Gasteiger partial charge in [-0.1, -0.05) is 5.21 Å². The molecule has 1 heterocycles. The maximum atomic E-state index is 11.4. The van der Waals surface area contributed by atoms with Gasteiger partial charge in [0.2, 0.25) is 0 Å². The minimum atomic E-state index is -0.119. The fourth-order valence-electron chi connectivity index (χ4n) is 0.856. The Bertz CT molecular complexity index is 303. The van der Waals surface area contributed by atoms with Gasteiger partial charge in [0.25, 0.3) is 5.91 Å². The number of carbonyl (C=O) groups is 1. The molecule has 0 saturated heterocycles. The van der Waals surface area contributed by atoms with Crippen LogP contribution in [-0.4, -0.2) is 39.9 Å². The van der Waals surface area contributed by atoms with Gasteiger partial charge >= 0.3 is 0 Å². The van der Waals surface area contributed by atoms with Crippen LogP contribution in [0.1, 0.15) is 30.4 Å². The van der Waals surface area contributed by atoms with E-state index in [9.17, 15) is 4.79 Å². The van der Waals surface area contributed by atoms with Gasteiger partial charge < -0.3 is 4.90 Å². The van der Waals surface area contributed by atoms with E-state index in [0.29, 0.717) is 5.69 Å². The fraction of sp³-hybridized carbons (Fsp3) is 0.625. The third kappa shape index (κ3) is 2.05. The lowest BCUT2D eigenvalue weighted by atomic mass is 10.4. The monoisotopic (exact) mass is 182 g/mol. The van der Waals surface area contributed by atoms with E-state index in [0.717, 1.165) is 0 Å². The lowest BCUT2D eigenvalue weighted by molar-refractivity contribution is 0.0822. The van der Waals surface area contributed by atoms with Crippen molar-refractivity contribution in [2.45, 2.75) is 19.9 Å². The molecular weight excluding hydrogens is 168 g/mol. The number of rotatable bonds is 2. The summed E-state index contributed by atoms with van der Waals surface area (Å²) in [5.74, 6) is -0.119. The van der Waals surface area contributed by atoms with Crippen molar-refractivity contribution in [2.24, 2.45) is 0 Å². The van der Waals surface area contributed by atoms with Gasteiger partial charge in [-0.25, -0.2) is 4.68 Å². The first-order valence-electron chi connectivity index (χ1n) is 4.16.